The monoisotopic (exact) mass is 396 g/mol. The molecule has 1 atom stereocenters. The van der Waals surface area contributed by atoms with Crippen LogP contribution in [0.3, 0.4) is 0 Å². The van der Waals surface area contributed by atoms with Crippen LogP contribution in [0.4, 0.5) is 5.69 Å². The number of thioether (sulfide) groups is 1. The molecule has 25 heavy (non-hydrogen) atoms. The number of imide groups is 1. The van der Waals surface area contributed by atoms with E-state index in [1.807, 2.05) is 0 Å². The van der Waals surface area contributed by atoms with Gasteiger partial charge in [0.25, 0.3) is 0 Å². The van der Waals surface area contributed by atoms with E-state index >= 15 is 0 Å². The Morgan fingerprint density at radius 3 is 2.72 bits per heavy atom. The fourth-order valence-corrected chi connectivity index (χ4v) is 3.88. The number of aromatic carboxylic acids is 1. The van der Waals surface area contributed by atoms with Gasteiger partial charge in [0.1, 0.15) is 5.03 Å². The predicted molar refractivity (Wildman–Crippen MR) is 94.4 cm³/mol. The molecule has 2 heterocycles. The summed E-state index contributed by atoms with van der Waals surface area (Å²) in [5.74, 6) is -2.07. The molecule has 0 radical (unpaired) electrons. The number of carbonyl (C=O) groups is 3. The molecule has 0 unspecified atom stereocenters. The molecule has 1 fully saturated rings. The van der Waals surface area contributed by atoms with Gasteiger partial charge in [-0.3, -0.25) is 9.59 Å². The summed E-state index contributed by atoms with van der Waals surface area (Å²) in [6.45, 7) is 0. The second-order valence-electron chi connectivity index (χ2n) is 5.11. The summed E-state index contributed by atoms with van der Waals surface area (Å²) in [6, 6.07) is 7.56. The molecule has 0 bridgehead atoms. The van der Waals surface area contributed by atoms with E-state index in [2.05, 4.69) is 4.98 Å². The molecule has 6 nitrogen and oxygen atoms in total. The number of carboxylic acid groups (broad SMARTS) is 1. The number of aromatic nitrogens is 1. The number of pyridine rings is 1. The molecule has 0 aliphatic carbocycles. The van der Waals surface area contributed by atoms with E-state index < -0.39 is 23.0 Å². The second kappa shape index (κ2) is 7.03. The van der Waals surface area contributed by atoms with Gasteiger partial charge < -0.3 is 5.11 Å². The van der Waals surface area contributed by atoms with Crippen molar-refractivity contribution in [1.82, 2.24) is 4.98 Å². The quantitative estimate of drug-likeness (QED) is 0.795. The zero-order chi connectivity index (χ0) is 18.1. The Kier molecular flexibility index (Phi) is 4.99. The molecule has 9 heteroatoms. The topological polar surface area (TPSA) is 87.6 Å². The minimum absolute atomic E-state index is 0.0213. The first-order valence-corrected chi connectivity index (χ1v) is 8.69. The molecule has 1 aromatic carbocycles. The third-order valence-corrected chi connectivity index (χ3v) is 5.54. The van der Waals surface area contributed by atoms with Crippen LogP contribution in [0.15, 0.2) is 41.6 Å². The van der Waals surface area contributed by atoms with Gasteiger partial charge in [0.15, 0.2) is 0 Å². The maximum atomic E-state index is 12.7. The molecule has 1 aliphatic heterocycles. The molecule has 0 spiro atoms. The Morgan fingerprint density at radius 2 is 2.00 bits per heavy atom. The highest BCUT2D eigenvalue weighted by Crippen LogP contribution is 2.39. The largest absolute Gasteiger partial charge is 0.478 e. The lowest BCUT2D eigenvalue weighted by molar-refractivity contribution is -0.121. The second-order valence-corrected chi connectivity index (χ2v) is 7.09. The van der Waals surface area contributed by atoms with Crippen molar-refractivity contribution < 1.29 is 19.5 Å². The fraction of sp³-hybridized carbons (Fsp3) is 0.125. The van der Waals surface area contributed by atoms with Crippen LogP contribution in [0.25, 0.3) is 0 Å². The minimum atomic E-state index is -1.15. The molecular weight excluding hydrogens is 387 g/mol. The highest BCUT2D eigenvalue weighted by Gasteiger charge is 2.41. The molecule has 128 valence electrons. The van der Waals surface area contributed by atoms with Gasteiger partial charge in [-0.15, -0.1) is 0 Å². The Balaban J connectivity index is 1.90. The van der Waals surface area contributed by atoms with Crippen molar-refractivity contribution in [3.05, 3.63) is 52.1 Å². The van der Waals surface area contributed by atoms with E-state index in [4.69, 9.17) is 23.2 Å². The normalized spacial score (nSPS) is 17.2. The number of nitrogens with zero attached hydrogens (tertiary/aromatic N) is 2. The fourth-order valence-electron chi connectivity index (χ4n) is 2.40. The summed E-state index contributed by atoms with van der Waals surface area (Å²) in [6.07, 6.45) is 1.35. The number of carbonyl (C=O) groups excluding carboxylic acids is 2. The van der Waals surface area contributed by atoms with Gasteiger partial charge in [-0.2, -0.15) is 0 Å². The molecular formula is C16H10Cl2N2O4S. The standard InChI is InChI=1S/C16H10Cl2N2O4S/c17-9-4-1-5-10(13(9)18)20-12(21)7-11(15(20)22)25-14-8(16(23)24)3-2-6-19-14/h1-6,11H,7H2,(H,23,24)/t11-/m1/s1. The lowest BCUT2D eigenvalue weighted by Gasteiger charge is -2.17. The maximum absolute atomic E-state index is 12.7. The van der Waals surface area contributed by atoms with Crippen molar-refractivity contribution in [2.75, 3.05) is 4.90 Å². The van der Waals surface area contributed by atoms with Gasteiger partial charge in [-0.1, -0.05) is 41.0 Å². The number of rotatable bonds is 4. The molecule has 1 saturated heterocycles. The molecule has 0 saturated carbocycles. The number of carboxylic acids is 1. The first kappa shape index (κ1) is 17.7. The first-order valence-electron chi connectivity index (χ1n) is 7.06. The average molecular weight is 397 g/mol. The van der Waals surface area contributed by atoms with Crippen LogP contribution in [0, 0.1) is 0 Å². The smallest absolute Gasteiger partial charge is 0.338 e. The van der Waals surface area contributed by atoms with Crippen molar-refractivity contribution in [3.8, 4) is 0 Å². The number of benzene rings is 1. The third kappa shape index (κ3) is 3.35. The average Bonchev–Trinajstić information content (AvgIpc) is 2.85. The Hall–Kier alpha value is -2.09. The summed E-state index contributed by atoms with van der Waals surface area (Å²) in [5, 5.41) is 8.95. The van der Waals surface area contributed by atoms with Crippen molar-refractivity contribution in [1.29, 1.82) is 0 Å². The number of hydrogen-bond donors (Lipinski definition) is 1. The zero-order valence-corrected chi connectivity index (χ0v) is 14.8. The summed E-state index contributed by atoms with van der Waals surface area (Å²) in [7, 11) is 0. The Morgan fingerprint density at radius 1 is 1.24 bits per heavy atom. The Labute approximate surface area is 156 Å². The molecule has 1 aromatic heterocycles. The van der Waals surface area contributed by atoms with Crippen LogP contribution in [0.5, 0.6) is 0 Å². The van der Waals surface area contributed by atoms with Crippen molar-refractivity contribution in [2.24, 2.45) is 0 Å². The number of anilines is 1. The zero-order valence-electron chi connectivity index (χ0n) is 12.5. The van der Waals surface area contributed by atoms with Gasteiger partial charge in [0.2, 0.25) is 11.8 Å². The van der Waals surface area contributed by atoms with Gasteiger partial charge in [0.05, 0.1) is 26.5 Å². The van der Waals surface area contributed by atoms with Gasteiger partial charge in [0, 0.05) is 12.6 Å². The maximum Gasteiger partial charge on any atom is 0.338 e. The molecule has 2 amide bonds. The van der Waals surface area contributed by atoms with E-state index in [1.165, 1.54) is 24.4 Å². The van der Waals surface area contributed by atoms with Gasteiger partial charge >= 0.3 is 5.97 Å². The van der Waals surface area contributed by atoms with E-state index in [1.54, 1.807) is 12.1 Å². The van der Waals surface area contributed by atoms with Gasteiger partial charge in [-0.05, 0) is 24.3 Å². The molecule has 1 aliphatic rings. The summed E-state index contributed by atoms with van der Waals surface area (Å²) < 4.78 is 0. The minimum Gasteiger partial charge on any atom is -0.478 e. The van der Waals surface area contributed by atoms with Crippen molar-refractivity contribution in [2.45, 2.75) is 16.7 Å². The summed E-state index contributed by atoms with van der Waals surface area (Å²) in [5.41, 5.74) is 0.193. The highest BCUT2D eigenvalue weighted by molar-refractivity contribution is 8.00. The van der Waals surface area contributed by atoms with Crippen LogP contribution in [0.2, 0.25) is 10.0 Å². The number of halogens is 2. The summed E-state index contributed by atoms with van der Waals surface area (Å²) >= 11 is 13.0. The predicted octanol–water partition coefficient (Wildman–Crippen LogP) is 3.51. The van der Waals surface area contributed by atoms with E-state index in [0.29, 0.717) is 0 Å². The van der Waals surface area contributed by atoms with E-state index in [0.717, 1.165) is 16.7 Å². The van der Waals surface area contributed by atoms with Crippen LogP contribution in [-0.4, -0.2) is 33.1 Å². The Bertz CT molecular complexity index is 890. The third-order valence-electron chi connectivity index (χ3n) is 3.53. The van der Waals surface area contributed by atoms with Crippen molar-refractivity contribution in [3.63, 3.8) is 0 Å². The van der Waals surface area contributed by atoms with Crippen molar-refractivity contribution >= 4 is 58.4 Å². The highest BCUT2D eigenvalue weighted by atomic mass is 35.5. The molecule has 3 rings (SSSR count). The number of amides is 2. The van der Waals surface area contributed by atoms with Crippen LogP contribution in [-0.2, 0) is 9.59 Å². The van der Waals surface area contributed by atoms with Gasteiger partial charge in [-0.25, -0.2) is 14.7 Å². The molecule has 1 N–H and O–H groups in total. The van der Waals surface area contributed by atoms with Crippen LogP contribution in [0.1, 0.15) is 16.8 Å². The van der Waals surface area contributed by atoms with E-state index in [9.17, 15) is 19.5 Å². The first-order chi connectivity index (χ1) is 11.9. The van der Waals surface area contributed by atoms with Crippen LogP contribution < -0.4 is 4.90 Å². The lowest BCUT2D eigenvalue weighted by Crippen LogP contribution is -2.31. The summed E-state index contributed by atoms with van der Waals surface area (Å²) in [4.78, 5) is 41.2. The lowest BCUT2D eigenvalue weighted by atomic mass is 10.3. The number of hydrogen-bond acceptors (Lipinski definition) is 5. The van der Waals surface area contributed by atoms with E-state index in [-0.39, 0.29) is 32.7 Å². The van der Waals surface area contributed by atoms with Crippen LogP contribution >= 0.6 is 35.0 Å². The SMILES string of the molecule is O=C(O)c1cccnc1S[C@@H]1CC(=O)N(c2cccc(Cl)c2Cl)C1=O. The molecule has 2 aromatic rings.